The summed E-state index contributed by atoms with van der Waals surface area (Å²) in [4.78, 5) is 38.5. The van der Waals surface area contributed by atoms with Gasteiger partial charge >= 0.3 is 7.12 Å². The first-order chi connectivity index (χ1) is 15.5. The number of ketones is 1. The molecule has 0 bridgehead atoms. The van der Waals surface area contributed by atoms with Gasteiger partial charge in [0.05, 0.1) is 11.3 Å². The molecule has 170 valence electrons. The minimum atomic E-state index is -1.72. The predicted molar refractivity (Wildman–Crippen MR) is 123 cm³/mol. The van der Waals surface area contributed by atoms with E-state index in [0.29, 0.717) is 22.5 Å². The van der Waals surface area contributed by atoms with E-state index in [4.69, 9.17) is 0 Å². The summed E-state index contributed by atoms with van der Waals surface area (Å²) in [5.41, 5.74) is 2.23. The maximum absolute atomic E-state index is 13.5. The van der Waals surface area contributed by atoms with Crippen molar-refractivity contribution in [2.24, 2.45) is 7.05 Å². The van der Waals surface area contributed by atoms with Crippen molar-refractivity contribution in [3.8, 4) is 0 Å². The number of nitrogens with zero attached hydrogens (tertiary/aromatic N) is 1. The number of hydrogen-bond donors (Lipinski definition) is 4. The lowest BCUT2D eigenvalue weighted by molar-refractivity contribution is -0.112. The third-order valence-corrected chi connectivity index (χ3v) is 5.44. The molecule has 0 radical (unpaired) electrons. The molecule has 2 aromatic carbocycles. The summed E-state index contributed by atoms with van der Waals surface area (Å²) in [5, 5.41) is 23.7. The maximum atomic E-state index is 13.5. The van der Waals surface area contributed by atoms with E-state index in [1.165, 1.54) is 47.0 Å². The number of nitrogens with one attached hydrogen (secondary N) is 2. The van der Waals surface area contributed by atoms with Crippen LogP contribution in [0.5, 0.6) is 0 Å². The largest absolute Gasteiger partial charge is 0.488 e. The van der Waals surface area contributed by atoms with Gasteiger partial charge in [-0.3, -0.25) is 14.4 Å². The standard InChI is InChI=1S/C23H23BFN3O5/c1-12-10-17(8-9-18(12)25)26-22(30)19-13(2)20(28(4)14(19)3)21(29)23(31)27-16-7-5-6-15(11-16)24(32)33/h5-11,32-33H,1-4H3,(H,26,30)(H,27,31). The molecule has 10 heteroatoms. The fourth-order valence-corrected chi connectivity index (χ4v) is 3.62. The lowest BCUT2D eigenvalue weighted by atomic mass is 9.80. The number of halogens is 1. The highest BCUT2D eigenvalue weighted by Crippen LogP contribution is 2.24. The Balaban J connectivity index is 1.86. The average molecular weight is 451 g/mol. The Bertz CT molecular complexity index is 1270. The van der Waals surface area contributed by atoms with Gasteiger partial charge < -0.3 is 25.2 Å². The second kappa shape index (κ2) is 9.39. The van der Waals surface area contributed by atoms with E-state index in [9.17, 15) is 28.8 Å². The molecule has 33 heavy (non-hydrogen) atoms. The van der Waals surface area contributed by atoms with Gasteiger partial charge in [0.2, 0.25) is 0 Å². The number of carbonyl (C=O) groups is 3. The first kappa shape index (κ1) is 23.9. The Kier molecular flexibility index (Phi) is 6.80. The molecule has 0 saturated carbocycles. The minimum absolute atomic E-state index is 0.0452. The number of amides is 2. The lowest BCUT2D eigenvalue weighted by Gasteiger charge is -2.08. The molecular formula is C23H23BFN3O5. The first-order valence-electron chi connectivity index (χ1n) is 10.1. The molecule has 0 aliphatic rings. The van der Waals surface area contributed by atoms with E-state index >= 15 is 0 Å². The van der Waals surface area contributed by atoms with Gasteiger partial charge in [0.25, 0.3) is 17.6 Å². The maximum Gasteiger partial charge on any atom is 0.488 e. The van der Waals surface area contributed by atoms with Crippen LogP contribution in [-0.4, -0.2) is 39.3 Å². The zero-order valence-corrected chi connectivity index (χ0v) is 18.6. The molecule has 8 nitrogen and oxygen atoms in total. The van der Waals surface area contributed by atoms with Crippen LogP contribution in [0.4, 0.5) is 15.8 Å². The number of aromatic nitrogens is 1. The number of rotatable bonds is 6. The predicted octanol–water partition coefficient (Wildman–Crippen LogP) is 1.84. The Morgan fingerprint density at radius 3 is 2.27 bits per heavy atom. The fraction of sp³-hybridized carbons (Fsp3) is 0.174. The van der Waals surface area contributed by atoms with Crippen molar-refractivity contribution in [3.63, 3.8) is 0 Å². The molecule has 0 aliphatic heterocycles. The van der Waals surface area contributed by atoms with Crippen LogP contribution in [0.3, 0.4) is 0 Å². The number of anilines is 2. The van der Waals surface area contributed by atoms with Gasteiger partial charge in [0.15, 0.2) is 0 Å². The molecule has 0 saturated heterocycles. The second-order valence-corrected chi connectivity index (χ2v) is 7.69. The van der Waals surface area contributed by atoms with Crippen LogP contribution in [0.2, 0.25) is 0 Å². The van der Waals surface area contributed by atoms with Crippen molar-refractivity contribution in [1.82, 2.24) is 4.57 Å². The molecule has 4 N–H and O–H groups in total. The second-order valence-electron chi connectivity index (χ2n) is 7.69. The zero-order valence-electron chi connectivity index (χ0n) is 18.6. The highest BCUT2D eigenvalue weighted by molar-refractivity contribution is 6.58. The third kappa shape index (κ3) is 4.86. The summed E-state index contributed by atoms with van der Waals surface area (Å²) in [6.45, 7) is 4.80. The Morgan fingerprint density at radius 2 is 1.64 bits per heavy atom. The van der Waals surface area contributed by atoms with E-state index in [2.05, 4.69) is 10.6 Å². The van der Waals surface area contributed by atoms with Crippen LogP contribution in [0.25, 0.3) is 0 Å². The normalized spacial score (nSPS) is 10.6. The van der Waals surface area contributed by atoms with Crippen molar-refractivity contribution in [2.75, 3.05) is 10.6 Å². The van der Waals surface area contributed by atoms with Gasteiger partial charge in [0.1, 0.15) is 5.82 Å². The summed E-state index contributed by atoms with van der Waals surface area (Å²) < 4.78 is 15.0. The van der Waals surface area contributed by atoms with Crippen LogP contribution in [0.1, 0.15) is 37.7 Å². The van der Waals surface area contributed by atoms with Crippen molar-refractivity contribution in [2.45, 2.75) is 20.8 Å². The smallest absolute Gasteiger partial charge is 0.423 e. The minimum Gasteiger partial charge on any atom is -0.423 e. The summed E-state index contributed by atoms with van der Waals surface area (Å²) in [7, 11) is -0.147. The van der Waals surface area contributed by atoms with Gasteiger partial charge in [-0.25, -0.2) is 4.39 Å². The van der Waals surface area contributed by atoms with E-state index in [-0.39, 0.29) is 22.4 Å². The van der Waals surface area contributed by atoms with Gasteiger partial charge in [-0.2, -0.15) is 0 Å². The molecule has 0 aliphatic carbocycles. The molecule has 3 aromatic rings. The van der Waals surface area contributed by atoms with Crippen molar-refractivity contribution in [3.05, 3.63) is 76.4 Å². The summed E-state index contributed by atoms with van der Waals surface area (Å²) in [6.07, 6.45) is 0. The number of hydrogen-bond acceptors (Lipinski definition) is 5. The molecule has 2 amide bonds. The van der Waals surface area contributed by atoms with Gasteiger partial charge in [-0.15, -0.1) is 0 Å². The van der Waals surface area contributed by atoms with Gasteiger partial charge in [0, 0.05) is 24.1 Å². The molecule has 0 atom stereocenters. The molecule has 0 spiro atoms. The van der Waals surface area contributed by atoms with Crippen LogP contribution >= 0.6 is 0 Å². The topological polar surface area (TPSA) is 121 Å². The van der Waals surface area contributed by atoms with E-state index < -0.39 is 30.5 Å². The lowest BCUT2D eigenvalue weighted by Crippen LogP contribution is -2.31. The fourth-order valence-electron chi connectivity index (χ4n) is 3.62. The summed E-state index contributed by atoms with van der Waals surface area (Å²) >= 11 is 0. The van der Waals surface area contributed by atoms with E-state index in [1.54, 1.807) is 27.8 Å². The number of Topliss-reactive ketones (excluding diaryl/α,β-unsaturated/α-hetero) is 1. The van der Waals surface area contributed by atoms with Gasteiger partial charge in [-0.1, -0.05) is 12.1 Å². The zero-order chi connectivity index (χ0) is 24.4. The van der Waals surface area contributed by atoms with E-state index in [0.717, 1.165) is 0 Å². The monoisotopic (exact) mass is 451 g/mol. The Morgan fingerprint density at radius 1 is 0.970 bits per heavy atom. The highest BCUT2D eigenvalue weighted by Gasteiger charge is 2.28. The van der Waals surface area contributed by atoms with Crippen LogP contribution in [0.15, 0.2) is 42.5 Å². The number of carbonyl (C=O) groups excluding carboxylic acids is 3. The Hall–Kier alpha value is -3.76. The van der Waals surface area contributed by atoms with Gasteiger partial charge in [-0.05, 0) is 67.7 Å². The number of benzene rings is 2. The highest BCUT2D eigenvalue weighted by atomic mass is 19.1. The average Bonchev–Trinajstić information content (AvgIpc) is 2.98. The van der Waals surface area contributed by atoms with Crippen molar-refractivity contribution in [1.29, 1.82) is 0 Å². The van der Waals surface area contributed by atoms with Crippen LogP contribution in [0, 0.1) is 26.6 Å². The molecular weight excluding hydrogens is 428 g/mol. The molecule has 3 rings (SSSR count). The molecule has 1 heterocycles. The number of aryl methyl sites for hydroxylation is 1. The van der Waals surface area contributed by atoms with Crippen molar-refractivity contribution < 1.29 is 28.8 Å². The van der Waals surface area contributed by atoms with Crippen LogP contribution in [-0.2, 0) is 11.8 Å². The SMILES string of the molecule is Cc1cc(NC(=O)c2c(C)c(C(=O)C(=O)Nc3cccc(B(O)O)c3)n(C)c2C)ccc1F. The first-order valence-corrected chi connectivity index (χ1v) is 10.1. The van der Waals surface area contributed by atoms with E-state index in [1.807, 2.05) is 0 Å². The Labute approximate surface area is 190 Å². The third-order valence-electron chi connectivity index (χ3n) is 5.44. The van der Waals surface area contributed by atoms with Crippen molar-refractivity contribution >= 4 is 41.6 Å². The molecule has 0 fully saturated rings. The molecule has 0 unspecified atom stereocenters. The molecule has 1 aromatic heterocycles. The quantitative estimate of drug-likeness (QED) is 0.259. The van der Waals surface area contributed by atoms with Crippen LogP contribution < -0.4 is 16.1 Å². The summed E-state index contributed by atoms with van der Waals surface area (Å²) in [5.74, 6) is -2.68. The summed E-state index contributed by atoms with van der Waals surface area (Å²) in [6, 6.07) is 9.99.